The predicted molar refractivity (Wildman–Crippen MR) is 103 cm³/mol. The van der Waals surface area contributed by atoms with Crippen molar-refractivity contribution < 1.29 is 4.79 Å². The fourth-order valence-corrected chi connectivity index (χ4v) is 3.35. The summed E-state index contributed by atoms with van der Waals surface area (Å²) >= 11 is 12.3. The van der Waals surface area contributed by atoms with E-state index in [2.05, 4.69) is 10.4 Å². The Bertz CT molecular complexity index is 796. The Morgan fingerprint density at radius 1 is 1.36 bits per heavy atom. The highest BCUT2D eigenvalue weighted by atomic mass is 35.5. The Hall–Kier alpha value is -1.27. The summed E-state index contributed by atoms with van der Waals surface area (Å²) in [5.41, 5.74) is 8.69. The topological polar surface area (TPSA) is 72.9 Å². The molecule has 0 saturated carbocycles. The maximum atomic E-state index is 12.5. The van der Waals surface area contributed by atoms with Crippen molar-refractivity contribution in [2.45, 2.75) is 38.6 Å². The molecule has 136 valence electrons. The minimum absolute atomic E-state index is 0. The molecule has 0 radical (unpaired) electrons. The maximum absolute atomic E-state index is 12.5. The van der Waals surface area contributed by atoms with Crippen LogP contribution in [0, 0.1) is 0 Å². The number of amides is 1. The Morgan fingerprint density at radius 3 is 2.72 bits per heavy atom. The summed E-state index contributed by atoms with van der Waals surface area (Å²) in [7, 11) is 0. The van der Waals surface area contributed by atoms with E-state index < -0.39 is 5.54 Å². The van der Waals surface area contributed by atoms with Gasteiger partial charge in [0.1, 0.15) is 0 Å². The minimum atomic E-state index is -0.471. The van der Waals surface area contributed by atoms with Crippen molar-refractivity contribution in [1.82, 2.24) is 15.1 Å². The molecule has 8 heteroatoms. The first-order chi connectivity index (χ1) is 11.3. The highest BCUT2D eigenvalue weighted by Crippen LogP contribution is 2.31. The van der Waals surface area contributed by atoms with E-state index in [9.17, 15) is 4.79 Å². The third-order valence-electron chi connectivity index (χ3n) is 3.99. The van der Waals surface area contributed by atoms with Gasteiger partial charge in [0.15, 0.2) is 5.69 Å². The van der Waals surface area contributed by atoms with Gasteiger partial charge in [-0.25, -0.2) is 4.68 Å². The molecule has 1 aromatic heterocycles. The zero-order chi connectivity index (χ0) is 17.5. The predicted octanol–water partition coefficient (Wildman–Crippen LogP) is 3.56. The SMILES string of the molecule is CC(C)(N)CNC(=O)c1nn(-c2ccc(Cl)cc2Cl)c2c1CCC2.Cl. The van der Waals surface area contributed by atoms with E-state index >= 15 is 0 Å². The van der Waals surface area contributed by atoms with Gasteiger partial charge in [0.05, 0.1) is 10.7 Å². The Morgan fingerprint density at radius 2 is 2.08 bits per heavy atom. The van der Waals surface area contributed by atoms with E-state index in [1.807, 2.05) is 19.9 Å². The van der Waals surface area contributed by atoms with Crippen LogP contribution in [0.4, 0.5) is 0 Å². The second-order valence-corrected chi connectivity index (χ2v) is 7.65. The Balaban J connectivity index is 0.00000225. The van der Waals surface area contributed by atoms with Crippen molar-refractivity contribution >= 4 is 41.5 Å². The number of carbonyl (C=O) groups is 1. The summed E-state index contributed by atoms with van der Waals surface area (Å²) < 4.78 is 1.77. The highest BCUT2D eigenvalue weighted by molar-refractivity contribution is 6.35. The first-order valence-electron chi connectivity index (χ1n) is 7.89. The molecule has 0 unspecified atom stereocenters. The highest BCUT2D eigenvalue weighted by Gasteiger charge is 2.28. The largest absolute Gasteiger partial charge is 0.349 e. The monoisotopic (exact) mass is 402 g/mol. The lowest BCUT2D eigenvalue weighted by Gasteiger charge is -2.18. The van der Waals surface area contributed by atoms with Gasteiger partial charge in [0.25, 0.3) is 5.91 Å². The molecule has 0 bridgehead atoms. The molecule has 0 spiro atoms. The first kappa shape index (κ1) is 20.0. The summed E-state index contributed by atoms with van der Waals surface area (Å²) in [5.74, 6) is -0.199. The average molecular weight is 404 g/mol. The number of aromatic nitrogens is 2. The second-order valence-electron chi connectivity index (χ2n) is 6.81. The van der Waals surface area contributed by atoms with Gasteiger partial charge in [-0.15, -0.1) is 12.4 Å². The van der Waals surface area contributed by atoms with Crippen molar-refractivity contribution in [3.05, 3.63) is 45.2 Å². The third kappa shape index (κ3) is 4.29. The molecular weight excluding hydrogens is 383 g/mol. The number of benzene rings is 1. The molecule has 2 aromatic rings. The molecule has 3 rings (SSSR count). The van der Waals surface area contributed by atoms with Crippen LogP contribution in [0.25, 0.3) is 5.69 Å². The van der Waals surface area contributed by atoms with Crippen molar-refractivity contribution in [3.8, 4) is 5.69 Å². The summed E-state index contributed by atoms with van der Waals surface area (Å²) in [6, 6.07) is 5.27. The Labute approximate surface area is 163 Å². The molecule has 5 nitrogen and oxygen atoms in total. The second kappa shape index (κ2) is 7.54. The number of halogens is 3. The smallest absolute Gasteiger partial charge is 0.272 e. The van der Waals surface area contributed by atoms with Crippen molar-refractivity contribution in [2.75, 3.05) is 6.54 Å². The lowest BCUT2D eigenvalue weighted by molar-refractivity contribution is 0.0939. The average Bonchev–Trinajstić information content (AvgIpc) is 3.06. The van der Waals surface area contributed by atoms with Crippen LogP contribution in [0.2, 0.25) is 10.0 Å². The van der Waals surface area contributed by atoms with Crippen LogP contribution in [0.15, 0.2) is 18.2 Å². The van der Waals surface area contributed by atoms with Crippen LogP contribution in [-0.2, 0) is 12.8 Å². The van der Waals surface area contributed by atoms with E-state index in [0.29, 0.717) is 22.3 Å². The van der Waals surface area contributed by atoms with Crippen LogP contribution in [-0.4, -0.2) is 27.8 Å². The normalized spacial score (nSPS) is 13.3. The van der Waals surface area contributed by atoms with Gasteiger partial charge >= 0.3 is 0 Å². The van der Waals surface area contributed by atoms with Crippen LogP contribution in [0.1, 0.15) is 42.0 Å². The number of hydrogen-bond acceptors (Lipinski definition) is 3. The zero-order valence-electron chi connectivity index (χ0n) is 14.1. The third-order valence-corrected chi connectivity index (χ3v) is 4.53. The lowest BCUT2D eigenvalue weighted by atomic mass is 10.1. The van der Waals surface area contributed by atoms with E-state index in [4.69, 9.17) is 28.9 Å². The molecule has 1 aliphatic rings. The molecule has 1 aromatic carbocycles. The number of nitrogens with zero attached hydrogens (tertiary/aromatic N) is 2. The fraction of sp³-hybridized carbons (Fsp3) is 0.412. The van der Waals surface area contributed by atoms with E-state index in [0.717, 1.165) is 36.2 Å². The van der Waals surface area contributed by atoms with Crippen LogP contribution < -0.4 is 11.1 Å². The molecular formula is C17H21Cl3N4O. The van der Waals surface area contributed by atoms with Gasteiger partial charge in [-0.1, -0.05) is 23.2 Å². The molecule has 1 aliphatic carbocycles. The van der Waals surface area contributed by atoms with Crippen LogP contribution >= 0.6 is 35.6 Å². The van der Waals surface area contributed by atoms with E-state index in [-0.39, 0.29) is 18.3 Å². The van der Waals surface area contributed by atoms with Gasteiger partial charge in [-0.2, -0.15) is 5.10 Å². The molecule has 0 aliphatic heterocycles. The summed E-state index contributed by atoms with van der Waals surface area (Å²) in [5, 5.41) is 8.47. The minimum Gasteiger partial charge on any atom is -0.349 e. The molecule has 0 fully saturated rings. The molecule has 1 heterocycles. The van der Waals surface area contributed by atoms with Gasteiger partial charge in [0, 0.05) is 28.4 Å². The molecule has 1 amide bonds. The van der Waals surface area contributed by atoms with Gasteiger partial charge in [-0.05, 0) is 51.3 Å². The summed E-state index contributed by atoms with van der Waals surface area (Å²) in [6.45, 7) is 4.11. The molecule has 3 N–H and O–H groups in total. The number of nitrogens with two attached hydrogens (primary N) is 1. The van der Waals surface area contributed by atoms with Crippen molar-refractivity contribution in [3.63, 3.8) is 0 Å². The van der Waals surface area contributed by atoms with E-state index in [1.54, 1.807) is 16.8 Å². The number of rotatable bonds is 4. The van der Waals surface area contributed by atoms with Crippen molar-refractivity contribution in [1.29, 1.82) is 0 Å². The van der Waals surface area contributed by atoms with E-state index in [1.165, 1.54) is 0 Å². The zero-order valence-corrected chi connectivity index (χ0v) is 16.4. The van der Waals surface area contributed by atoms with Crippen LogP contribution in [0.5, 0.6) is 0 Å². The molecule has 25 heavy (non-hydrogen) atoms. The first-order valence-corrected chi connectivity index (χ1v) is 8.65. The molecule has 0 atom stereocenters. The number of nitrogens with one attached hydrogen (secondary N) is 1. The fourth-order valence-electron chi connectivity index (χ4n) is 2.86. The quantitative estimate of drug-likeness (QED) is 0.820. The Kier molecular flexibility index (Phi) is 6.05. The number of hydrogen-bond donors (Lipinski definition) is 2. The van der Waals surface area contributed by atoms with Crippen LogP contribution in [0.3, 0.4) is 0 Å². The lowest BCUT2D eigenvalue weighted by Crippen LogP contribution is -2.45. The van der Waals surface area contributed by atoms with Gasteiger partial charge in [-0.3, -0.25) is 4.79 Å². The molecule has 0 saturated heterocycles. The summed E-state index contributed by atoms with van der Waals surface area (Å²) in [4.78, 5) is 12.5. The standard InChI is InChI=1S/C17H20Cl2N4O.ClH/c1-17(2,20)9-21-16(24)15-11-4-3-5-13(11)23(22-15)14-7-6-10(18)8-12(14)19;/h6-8H,3-5,9,20H2,1-2H3,(H,21,24);1H. The summed E-state index contributed by atoms with van der Waals surface area (Å²) in [6.07, 6.45) is 2.72. The number of carbonyl (C=O) groups excluding carboxylic acids is 1. The van der Waals surface area contributed by atoms with Gasteiger partial charge < -0.3 is 11.1 Å². The number of fused-ring (bicyclic) bond motifs is 1. The van der Waals surface area contributed by atoms with Gasteiger partial charge in [0.2, 0.25) is 0 Å². The maximum Gasteiger partial charge on any atom is 0.272 e. The van der Waals surface area contributed by atoms with Crippen molar-refractivity contribution in [2.24, 2.45) is 5.73 Å².